The van der Waals surface area contributed by atoms with Crippen LogP contribution in [0.3, 0.4) is 0 Å². The Morgan fingerprint density at radius 2 is 1.72 bits per heavy atom. The summed E-state index contributed by atoms with van der Waals surface area (Å²) in [5, 5.41) is 5.59. The van der Waals surface area contributed by atoms with Crippen LogP contribution in [-0.4, -0.2) is 49.4 Å². The fourth-order valence-electron chi connectivity index (χ4n) is 4.21. The molecule has 0 saturated carbocycles. The predicted octanol–water partition coefficient (Wildman–Crippen LogP) is 3.06. The van der Waals surface area contributed by atoms with Crippen molar-refractivity contribution >= 4 is 11.8 Å². The van der Waals surface area contributed by atoms with Crippen LogP contribution in [0.2, 0.25) is 0 Å². The first-order chi connectivity index (χ1) is 14.2. The number of hydrogen-bond acceptors (Lipinski definition) is 3. The van der Waals surface area contributed by atoms with Gasteiger partial charge >= 0.3 is 11.8 Å². The van der Waals surface area contributed by atoms with Gasteiger partial charge in [-0.25, -0.2) is 0 Å². The van der Waals surface area contributed by atoms with Crippen LogP contribution in [0.25, 0.3) is 0 Å². The lowest BCUT2D eigenvalue weighted by Crippen LogP contribution is -2.44. The quantitative estimate of drug-likeness (QED) is 0.523. The van der Waals surface area contributed by atoms with Crippen LogP contribution in [0, 0.1) is 5.92 Å². The molecule has 0 spiro atoms. The van der Waals surface area contributed by atoms with Gasteiger partial charge in [-0.3, -0.25) is 9.59 Å². The largest absolute Gasteiger partial charge is 0.348 e. The average Bonchev–Trinajstić information content (AvgIpc) is 2.78. The van der Waals surface area contributed by atoms with E-state index in [9.17, 15) is 9.59 Å². The van der Waals surface area contributed by atoms with Crippen LogP contribution in [0.4, 0.5) is 0 Å². The highest BCUT2D eigenvalue weighted by atomic mass is 16.2. The maximum atomic E-state index is 12.0. The molecule has 0 radical (unpaired) electrons. The minimum absolute atomic E-state index is 0.465. The molecule has 29 heavy (non-hydrogen) atoms. The lowest BCUT2D eigenvalue weighted by molar-refractivity contribution is -0.139. The Morgan fingerprint density at radius 1 is 0.966 bits per heavy atom. The van der Waals surface area contributed by atoms with Gasteiger partial charge in [0.2, 0.25) is 0 Å². The average molecular weight is 398 g/mol. The number of rotatable bonds is 8. The van der Waals surface area contributed by atoms with Crippen molar-refractivity contribution in [2.24, 2.45) is 5.92 Å². The summed E-state index contributed by atoms with van der Waals surface area (Å²) in [6.07, 6.45) is 11.2. The van der Waals surface area contributed by atoms with Crippen LogP contribution < -0.4 is 10.6 Å². The standard InChI is InChI=1S/C24H35N3O2/c28-23(25-15-11-20-7-3-1-4-8-20)24(29)26-19-22-13-17-27(18-14-22)16-12-21-9-5-2-6-10-21/h2,5-7,9-10,22H,1,3-4,8,11-19H2,(H,25,28)(H,26,29). The van der Waals surface area contributed by atoms with Gasteiger partial charge in [0.1, 0.15) is 0 Å². The molecule has 1 aromatic carbocycles. The van der Waals surface area contributed by atoms with Gasteiger partial charge in [-0.15, -0.1) is 0 Å². The number of amides is 2. The molecule has 2 amide bonds. The first-order valence-corrected chi connectivity index (χ1v) is 11.2. The maximum absolute atomic E-state index is 12.0. The Morgan fingerprint density at radius 3 is 2.45 bits per heavy atom. The molecule has 1 saturated heterocycles. The van der Waals surface area contributed by atoms with E-state index in [1.165, 1.54) is 24.0 Å². The summed E-state index contributed by atoms with van der Waals surface area (Å²) >= 11 is 0. The molecule has 2 N–H and O–H groups in total. The predicted molar refractivity (Wildman–Crippen MR) is 116 cm³/mol. The van der Waals surface area contributed by atoms with Crippen LogP contribution >= 0.6 is 0 Å². The summed E-state index contributed by atoms with van der Waals surface area (Å²) in [5.41, 5.74) is 2.80. The van der Waals surface area contributed by atoms with Crippen molar-refractivity contribution in [3.63, 3.8) is 0 Å². The van der Waals surface area contributed by atoms with Crippen LogP contribution in [0.15, 0.2) is 42.0 Å². The van der Waals surface area contributed by atoms with Gasteiger partial charge in [0.05, 0.1) is 0 Å². The molecule has 1 heterocycles. The summed E-state index contributed by atoms with van der Waals surface area (Å²) in [5.74, 6) is -0.525. The van der Waals surface area contributed by atoms with Gasteiger partial charge in [-0.1, -0.05) is 42.0 Å². The zero-order valence-electron chi connectivity index (χ0n) is 17.5. The zero-order chi connectivity index (χ0) is 20.3. The highest BCUT2D eigenvalue weighted by Crippen LogP contribution is 2.19. The Hall–Kier alpha value is -2.14. The monoisotopic (exact) mass is 397 g/mol. The third-order valence-corrected chi connectivity index (χ3v) is 6.14. The highest BCUT2D eigenvalue weighted by molar-refractivity contribution is 6.35. The molecular weight excluding hydrogens is 362 g/mol. The fourth-order valence-corrected chi connectivity index (χ4v) is 4.21. The van der Waals surface area contributed by atoms with E-state index in [1.54, 1.807) is 0 Å². The Balaban J connectivity index is 1.26. The van der Waals surface area contributed by atoms with Crippen molar-refractivity contribution in [3.8, 4) is 0 Å². The fraction of sp³-hybridized carbons (Fsp3) is 0.583. The van der Waals surface area contributed by atoms with E-state index in [4.69, 9.17) is 0 Å². The maximum Gasteiger partial charge on any atom is 0.309 e. The number of carbonyl (C=O) groups excluding carboxylic acids is 2. The van der Waals surface area contributed by atoms with Gasteiger partial charge in [0.25, 0.3) is 0 Å². The minimum Gasteiger partial charge on any atom is -0.348 e. The number of nitrogens with one attached hydrogen (secondary N) is 2. The number of hydrogen-bond donors (Lipinski definition) is 2. The third-order valence-electron chi connectivity index (χ3n) is 6.14. The second-order valence-electron chi connectivity index (χ2n) is 8.34. The first-order valence-electron chi connectivity index (χ1n) is 11.2. The Bertz CT molecular complexity index is 679. The van der Waals surface area contributed by atoms with E-state index < -0.39 is 11.8 Å². The Kier molecular flexibility index (Phi) is 8.75. The third kappa shape index (κ3) is 7.65. The molecule has 158 valence electrons. The minimum atomic E-state index is -0.498. The molecule has 0 unspecified atom stereocenters. The molecular formula is C24H35N3O2. The number of carbonyl (C=O) groups is 2. The van der Waals surface area contributed by atoms with E-state index >= 15 is 0 Å². The van der Waals surface area contributed by atoms with E-state index in [-0.39, 0.29) is 0 Å². The smallest absolute Gasteiger partial charge is 0.309 e. The molecule has 0 atom stereocenters. The lowest BCUT2D eigenvalue weighted by Gasteiger charge is -2.32. The molecule has 0 aromatic heterocycles. The summed E-state index contributed by atoms with van der Waals surface area (Å²) in [6.45, 7) is 4.37. The number of allylic oxidation sites excluding steroid dienone is 1. The zero-order valence-corrected chi connectivity index (χ0v) is 17.5. The molecule has 1 aliphatic heterocycles. The van der Waals surface area contributed by atoms with Crippen molar-refractivity contribution in [1.82, 2.24) is 15.5 Å². The second kappa shape index (κ2) is 11.8. The van der Waals surface area contributed by atoms with Crippen molar-refractivity contribution in [2.75, 3.05) is 32.7 Å². The summed E-state index contributed by atoms with van der Waals surface area (Å²) < 4.78 is 0. The summed E-state index contributed by atoms with van der Waals surface area (Å²) in [4.78, 5) is 26.5. The van der Waals surface area contributed by atoms with Crippen molar-refractivity contribution in [1.29, 1.82) is 0 Å². The first kappa shape index (κ1) is 21.6. The van der Waals surface area contributed by atoms with Gasteiger partial charge < -0.3 is 15.5 Å². The second-order valence-corrected chi connectivity index (χ2v) is 8.34. The molecule has 1 aromatic rings. The Labute approximate surface area is 174 Å². The lowest BCUT2D eigenvalue weighted by atomic mass is 9.96. The molecule has 2 aliphatic rings. The normalized spacial score (nSPS) is 18.1. The molecule has 3 rings (SSSR count). The number of piperidine rings is 1. The molecule has 1 aliphatic carbocycles. The number of likely N-dealkylation sites (tertiary alicyclic amines) is 1. The van der Waals surface area contributed by atoms with Crippen molar-refractivity contribution in [2.45, 2.75) is 51.4 Å². The SMILES string of the molecule is O=C(NCCC1=CCCCC1)C(=O)NCC1CCN(CCc2ccccc2)CC1. The number of benzene rings is 1. The van der Waals surface area contributed by atoms with Gasteiger partial charge in [-0.2, -0.15) is 0 Å². The summed E-state index contributed by atoms with van der Waals surface area (Å²) in [6, 6.07) is 10.6. The highest BCUT2D eigenvalue weighted by Gasteiger charge is 2.21. The topological polar surface area (TPSA) is 61.4 Å². The van der Waals surface area contributed by atoms with Crippen LogP contribution in [0.5, 0.6) is 0 Å². The molecule has 5 heteroatoms. The summed E-state index contributed by atoms with van der Waals surface area (Å²) in [7, 11) is 0. The van der Waals surface area contributed by atoms with Gasteiger partial charge in [0, 0.05) is 19.6 Å². The van der Waals surface area contributed by atoms with Crippen molar-refractivity contribution < 1.29 is 9.59 Å². The van der Waals surface area contributed by atoms with Gasteiger partial charge in [0.15, 0.2) is 0 Å². The van der Waals surface area contributed by atoms with E-state index in [0.29, 0.717) is 19.0 Å². The van der Waals surface area contributed by atoms with Crippen LogP contribution in [0.1, 0.15) is 50.5 Å². The molecule has 0 bridgehead atoms. The molecule has 5 nitrogen and oxygen atoms in total. The molecule has 1 fully saturated rings. The van der Waals surface area contributed by atoms with Crippen LogP contribution in [-0.2, 0) is 16.0 Å². The van der Waals surface area contributed by atoms with E-state index in [1.807, 2.05) is 0 Å². The van der Waals surface area contributed by atoms with E-state index in [0.717, 1.165) is 58.2 Å². The van der Waals surface area contributed by atoms with Gasteiger partial charge in [-0.05, 0) is 75.9 Å². The van der Waals surface area contributed by atoms with Crippen molar-refractivity contribution in [3.05, 3.63) is 47.5 Å². The van der Waals surface area contributed by atoms with E-state index in [2.05, 4.69) is 51.9 Å². The number of nitrogens with zero attached hydrogens (tertiary/aromatic N) is 1.